The van der Waals surface area contributed by atoms with Gasteiger partial charge in [0.1, 0.15) is 23.0 Å². The van der Waals surface area contributed by atoms with E-state index in [-0.39, 0.29) is 12.3 Å². The van der Waals surface area contributed by atoms with Crippen molar-refractivity contribution in [3.8, 4) is 11.5 Å². The van der Waals surface area contributed by atoms with E-state index in [1.165, 1.54) is 0 Å². The van der Waals surface area contributed by atoms with Gasteiger partial charge in [0.05, 0.1) is 27.2 Å². The minimum atomic E-state index is -0.0133. The van der Waals surface area contributed by atoms with Crippen molar-refractivity contribution in [2.75, 3.05) is 21.3 Å². The molecule has 2 rings (SSSR count). The Morgan fingerprint density at radius 2 is 1.95 bits per heavy atom. The molecule has 0 bridgehead atoms. The molecule has 0 fully saturated rings. The molecule has 0 aliphatic heterocycles. The average Bonchev–Trinajstić information content (AvgIpc) is 2.92. The largest absolute Gasteiger partial charge is 0.497 e. The first-order valence-corrected chi connectivity index (χ1v) is 7.03. The molecule has 1 aromatic heterocycles. The minimum Gasteiger partial charge on any atom is -0.497 e. The van der Waals surface area contributed by atoms with Gasteiger partial charge in [-0.15, -0.1) is 0 Å². The quantitative estimate of drug-likeness (QED) is 0.823. The summed E-state index contributed by atoms with van der Waals surface area (Å²) in [6, 6.07) is 9.20. The summed E-state index contributed by atoms with van der Waals surface area (Å²) < 4.78 is 16.0. The molecule has 0 aliphatic rings. The number of nitrogens with zero attached hydrogens (tertiary/aromatic N) is 1. The van der Waals surface area contributed by atoms with Crippen molar-refractivity contribution in [1.82, 2.24) is 4.90 Å². The third-order valence-corrected chi connectivity index (χ3v) is 3.44. The molecule has 2 aromatic rings. The van der Waals surface area contributed by atoms with E-state index in [2.05, 4.69) is 0 Å². The molecule has 1 heterocycles. The van der Waals surface area contributed by atoms with Gasteiger partial charge in [-0.2, -0.15) is 0 Å². The highest BCUT2D eigenvalue weighted by molar-refractivity contribution is 5.79. The van der Waals surface area contributed by atoms with Gasteiger partial charge in [-0.1, -0.05) is 0 Å². The van der Waals surface area contributed by atoms with Crippen LogP contribution in [-0.2, 0) is 17.8 Å². The number of furan rings is 1. The third-order valence-electron chi connectivity index (χ3n) is 3.44. The van der Waals surface area contributed by atoms with E-state index in [0.29, 0.717) is 18.0 Å². The fourth-order valence-corrected chi connectivity index (χ4v) is 2.21. The second-order valence-corrected chi connectivity index (χ2v) is 5.12. The van der Waals surface area contributed by atoms with Crippen LogP contribution in [0.15, 0.2) is 34.7 Å². The zero-order valence-electron chi connectivity index (χ0n) is 13.4. The molecule has 0 N–H and O–H groups in total. The Labute approximate surface area is 130 Å². The summed E-state index contributed by atoms with van der Waals surface area (Å²) in [5, 5.41) is 0. The number of hydrogen-bond donors (Lipinski definition) is 0. The highest BCUT2D eigenvalue weighted by atomic mass is 16.5. The first-order valence-electron chi connectivity index (χ1n) is 7.03. The normalized spacial score (nSPS) is 10.4. The summed E-state index contributed by atoms with van der Waals surface area (Å²) >= 11 is 0. The number of hydrogen-bond acceptors (Lipinski definition) is 4. The lowest BCUT2D eigenvalue weighted by Crippen LogP contribution is -2.27. The Hall–Kier alpha value is -2.43. The smallest absolute Gasteiger partial charge is 0.227 e. The van der Waals surface area contributed by atoms with E-state index < -0.39 is 0 Å². The Balaban J connectivity index is 2.07. The molecule has 22 heavy (non-hydrogen) atoms. The highest BCUT2D eigenvalue weighted by Crippen LogP contribution is 2.25. The van der Waals surface area contributed by atoms with Crippen LogP contribution in [0.4, 0.5) is 0 Å². The van der Waals surface area contributed by atoms with Crippen LogP contribution >= 0.6 is 0 Å². The lowest BCUT2D eigenvalue weighted by Gasteiger charge is -2.17. The number of amides is 1. The average molecular weight is 303 g/mol. The fourth-order valence-electron chi connectivity index (χ4n) is 2.21. The molecule has 5 heteroatoms. The Morgan fingerprint density at radius 1 is 1.18 bits per heavy atom. The molecule has 0 aliphatic carbocycles. The van der Waals surface area contributed by atoms with Gasteiger partial charge in [0, 0.05) is 12.6 Å². The van der Waals surface area contributed by atoms with Gasteiger partial charge in [0.25, 0.3) is 0 Å². The second-order valence-electron chi connectivity index (χ2n) is 5.12. The Bertz CT molecular complexity index is 648. The first kappa shape index (κ1) is 15.9. The predicted octanol–water partition coefficient (Wildman–Crippen LogP) is 2.81. The molecule has 5 nitrogen and oxygen atoms in total. The maximum Gasteiger partial charge on any atom is 0.227 e. The highest BCUT2D eigenvalue weighted by Gasteiger charge is 2.15. The summed E-state index contributed by atoms with van der Waals surface area (Å²) in [6.07, 6.45) is 0.247. The van der Waals surface area contributed by atoms with E-state index in [1.54, 1.807) is 32.2 Å². The summed E-state index contributed by atoms with van der Waals surface area (Å²) in [7, 11) is 4.94. The van der Waals surface area contributed by atoms with E-state index >= 15 is 0 Å². The summed E-state index contributed by atoms with van der Waals surface area (Å²) in [5.74, 6) is 2.97. The van der Waals surface area contributed by atoms with Crippen molar-refractivity contribution < 1.29 is 18.7 Å². The van der Waals surface area contributed by atoms with Crippen LogP contribution in [0.3, 0.4) is 0 Å². The monoisotopic (exact) mass is 303 g/mol. The van der Waals surface area contributed by atoms with Crippen molar-refractivity contribution >= 4 is 5.91 Å². The number of ether oxygens (including phenoxy) is 2. The van der Waals surface area contributed by atoms with Crippen LogP contribution < -0.4 is 9.47 Å². The first-order chi connectivity index (χ1) is 10.5. The topological polar surface area (TPSA) is 51.9 Å². The molecule has 1 aromatic carbocycles. The van der Waals surface area contributed by atoms with E-state index in [4.69, 9.17) is 13.9 Å². The molecule has 0 saturated carbocycles. The Kier molecular flexibility index (Phi) is 5.09. The molecular weight excluding hydrogens is 282 g/mol. The molecular formula is C17H21NO4. The van der Waals surface area contributed by atoms with Gasteiger partial charge in [-0.25, -0.2) is 0 Å². The molecule has 0 spiro atoms. The van der Waals surface area contributed by atoms with Crippen molar-refractivity contribution in [3.63, 3.8) is 0 Å². The SMILES string of the molecule is COc1ccc(OC)c(CC(=O)N(C)Cc2ccc(C)o2)c1. The second kappa shape index (κ2) is 7.02. The van der Waals surface area contributed by atoms with Crippen LogP contribution in [0.25, 0.3) is 0 Å². The maximum absolute atomic E-state index is 12.4. The van der Waals surface area contributed by atoms with Crippen LogP contribution in [0.2, 0.25) is 0 Å². The van der Waals surface area contributed by atoms with Gasteiger partial charge in [0.15, 0.2) is 0 Å². The summed E-state index contributed by atoms with van der Waals surface area (Å²) in [6.45, 7) is 2.32. The molecule has 1 amide bonds. The van der Waals surface area contributed by atoms with Crippen molar-refractivity contribution in [3.05, 3.63) is 47.4 Å². The number of aryl methyl sites for hydroxylation is 1. The standard InChI is InChI=1S/C17H21NO4/c1-12-5-6-15(22-12)11-18(2)17(19)10-13-9-14(20-3)7-8-16(13)21-4/h5-9H,10-11H2,1-4H3. The lowest BCUT2D eigenvalue weighted by atomic mass is 10.1. The van der Waals surface area contributed by atoms with Gasteiger partial charge in [-0.05, 0) is 37.3 Å². The van der Waals surface area contributed by atoms with E-state index in [0.717, 1.165) is 17.1 Å². The lowest BCUT2D eigenvalue weighted by molar-refractivity contribution is -0.129. The molecule has 0 atom stereocenters. The summed E-state index contributed by atoms with van der Waals surface area (Å²) in [4.78, 5) is 14.0. The molecule has 0 radical (unpaired) electrons. The molecule has 0 saturated heterocycles. The molecule has 0 unspecified atom stereocenters. The van der Waals surface area contributed by atoms with Crippen LogP contribution in [0.5, 0.6) is 11.5 Å². The van der Waals surface area contributed by atoms with Gasteiger partial charge >= 0.3 is 0 Å². The molecule has 118 valence electrons. The zero-order chi connectivity index (χ0) is 16.1. The van der Waals surface area contributed by atoms with Crippen LogP contribution in [0.1, 0.15) is 17.1 Å². The number of carbonyl (C=O) groups excluding carboxylic acids is 1. The van der Waals surface area contributed by atoms with E-state index in [1.807, 2.05) is 31.2 Å². The third kappa shape index (κ3) is 3.81. The van der Waals surface area contributed by atoms with Gasteiger partial charge < -0.3 is 18.8 Å². The Morgan fingerprint density at radius 3 is 2.55 bits per heavy atom. The predicted molar refractivity (Wildman–Crippen MR) is 83.2 cm³/mol. The van der Waals surface area contributed by atoms with E-state index in [9.17, 15) is 4.79 Å². The number of rotatable bonds is 6. The van der Waals surface area contributed by atoms with Crippen molar-refractivity contribution in [1.29, 1.82) is 0 Å². The summed E-state index contributed by atoms with van der Waals surface area (Å²) in [5.41, 5.74) is 0.800. The van der Waals surface area contributed by atoms with Crippen LogP contribution in [-0.4, -0.2) is 32.1 Å². The number of benzene rings is 1. The number of methoxy groups -OCH3 is 2. The van der Waals surface area contributed by atoms with Crippen molar-refractivity contribution in [2.24, 2.45) is 0 Å². The zero-order valence-corrected chi connectivity index (χ0v) is 13.4. The maximum atomic E-state index is 12.4. The number of carbonyl (C=O) groups is 1. The minimum absolute atomic E-state index is 0.0133. The number of likely N-dealkylation sites (N-methyl/N-ethyl adjacent to an activating group) is 1. The van der Waals surface area contributed by atoms with Gasteiger partial charge in [0.2, 0.25) is 5.91 Å². The fraction of sp³-hybridized carbons (Fsp3) is 0.353. The van der Waals surface area contributed by atoms with Crippen LogP contribution in [0, 0.1) is 6.92 Å². The van der Waals surface area contributed by atoms with Gasteiger partial charge in [-0.3, -0.25) is 4.79 Å². The van der Waals surface area contributed by atoms with Crippen molar-refractivity contribution in [2.45, 2.75) is 19.9 Å².